The Hall–Kier alpha value is -0.280. The third kappa shape index (κ3) is 4.53. The first-order valence-electron chi connectivity index (χ1n) is 9.77. The summed E-state index contributed by atoms with van der Waals surface area (Å²) < 4.78 is 12.2. The van der Waals surface area contributed by atoms with Crippen LogP contribution in [0.5, 0.6) is 0 Å². The van der Waals surface area contributed by atoms with E-state index in [4.69, 9.17) is 9.47 Å². The van der Waals surface area contributed by atoms with E-state index in [0.717, 1.165) is 58.0 Å². The van der Waals surface area contributed by atoms with Crippen LogP contribution in [0.1, 0.15) is 57.8 Å². The Morgan fingerprint density at radius 2 is 1.92 bits per heavy atom. The molecule has 25 heavy (non-hydrogen) atoms. The summed E-state index contributed by atoms with van der Waals surface area (Å²) in [6.07, 6.45) is 5.82. The largest absolute Gasteiger partial charge is 0.395 e. The van der Waals surface area contributed by atoms with Gasteiger partial charge >= 0.3 is 0 Å². The van der Waals surface area contributed by atoms with Gasteiger partial charge in [-0.3, -0.25) is 0 Å². The Kier molecular flexibility index (Phi) is 6.71. The molecule has 7 atom stereocenters. The van der Waals surface area contributed by atoms with Gasteiger partial charge in [-0.1, -0.05) is 0 Å². The Balaban J connectivity index is 1.42. The molecule has 1 unspecified atom stereocenters. The van der Waals surface area contributed by atoms with Crippen molar-refractivity contribution in [2.24, 2.45) is 0 Å². The third-order valence-corrected chi connectivity index (χ3v) is 5.96. The molecule has 3 saturated heterocycles. The van der Waals surface area contributed by atoms with Crippen LogP contribution in [0.3, 0.4) is 0 Å². The second-order valence-corrected chi connectivity index (χ2v) is 7.81. The lowest BCUT2D eigenvalue weighted by molar-refractivity contribution is -0.295. The highest BCUT2D eigenvalue weighted by Gasteiger charge is 2.44. The monoisotopic (exact) mass is 359 g/mol. The number of nitrogens with one attached hydrogen (secondary N) is 1. The number of hydrogen-bond donors (Lipinski definition) is 5. The molecule has 0 aliphatic carbocycles. The maximum atomic E-state index is 10.3. The predicted octanol–water partition coefficient (Wildman–Crippen LogP) is 0.0380. The normalized spacial score (nSPS) is 43.4. The van der Waals surface area contributed by atoms with Crippen LogP contribution in [0.25, 0.3) is 0 Å². The molecule has 3 aliphatic rings. The van der Waals surface area contributed by atoms with Gasteiger partial charge in [0.1, 0.15) is 0 Å². The molecule has 0 bridgehead atoms. The van der Waals surface area contributed by atoms with Crippen LogP contribution < -0.4 is 5.32 Å². The van der Waals surface area contributed by atoms with Crippen molar-refractivity contribution >= 4 is 0 Å². The van der Waals surface area contributed by atoms with Crippen molar-refractivity contribution in [1.29, 1.82) is 0 Å². The highest BCUT2D eigenvalue weighted by molar-refractivity contribution is 5.00. The van der Waals surface area contributed by atoms with Crippen LogP contribution >= 0.6 is 0 Å². The number of aliphatic hydroxyl groups is 4. The Morgan fingerprint density at radius 1 is 1.12 bits per heavy atom. The lowest BCUT2D eigenvalue weighted by Crippen LogP contribution is -2.45. The number of aliphatic hydroxyl groups excluding tert-OH is 4. The molecule has 3 rings (SSSR count). The second kappa shape index (κ2) is 8.61. The van der Waals surface area contributed by atoms with Crippen LogP contribution in [-0.2, 0) is 9.47 Å². The van der Waals surface area contributed by atoms with E-state index in [0.29, 0.717) is 6.42 Å². The minimum atomic E-state index is -1.06. The van der Waals surface area contributed by atoms with Crippen LogP contribution in [0.4, 0.5) is 0 Å². The van der Waals surface area contributed by atoms with E-state index < -0.39 is 30.4 Å². The molecule has 3 fully saturated rings. The summed E-state index contributed by atoms with van der Waals surface area (Å²) in [4.78, 5) is 0. The van der Waals surface area contributed by atoms with Crippen molar-refractivity contribution in [3.63, 3.8) is 0 Å². The van der Waals surface area contributed by atoms with Crippen molar-refractivity contribution in [3.05, 3.63) is 0 Å². The summed E-state index contributed by atoms with van der Waals surface area (Å²) in [7, 11) is 0. The van der Waals surface area contributed by atoms with E-state index in [2.05, 4.69) is 5.32 Å². The van der Waals surface area contributed by atoms with E-state index in [-0.39, 0.29) is 18.5 Å². The first-order valence-corrected chi connectivity index (χ1v) is 9.77. The van der Waals surface area contributed by atoms with Gasteiger partial charge in [0.2, 0.25) is 0 Å². The molecular formula is C18H33NO6. The van der Waals surface area contributed by atoms with Gasteiger partial charge in [0, 0.05) is 12.8 Å². The Labute approximate surface area is 149 Å². The fourth-order valence-corrected chi connectivity index (χ4v) is 4.47. The van der Waals surface area contributed by atoms with E-state index in [1.807, 2.05) is 0 Å². The van der Waals surface area contributed by atoms with Crippen LogP contribution in [0.15, 0.2) is 0 Å². The smallest absolute Gasteiger partial charge is 0.168 e. The maximum absolute atomic E-state index is 10.3. The summed E-state index contributed by atoms with van der Waals surface area (Å²) in [5, 5.41) is 42.3. The first kappa shape index (κ1) is 19.5. The Bertz CT molecular complexity index is 409. The fraction of sp³-hybridized carbons (Fsp3) is 1.00. The van der Waals surface area contributed by atoms with E-state index in [9.17, 15) is 20.4 Å². The molecule has 0 aromatic heterocycles. The van der Waals surface area contributed by atoms with Gasteiger partial charge in [0.15, 0.2) is 5.79 Å². The summed E-state index contributed by atoms with van der Waals surface area (Å²) in [5.74, 6) is -0.374. The Morgan fingerprint density at radius 3 is 2.60 bits per heavy atom. The summed E-state index contributed by atoms with van der Waals surface area (Å²) in [6.45, 7) is 0.518. The van der Waals surface area contributed by atoms with Crippen LogP contribution in [0, 0.1) is 0 Å². The molecule has 0 saturated carbocycles. The molecule has 5 N–H and O–H groups in total. The van der Waals surface area contributed by atoms with Crippen molar-refractivity contribution < 1.29 is 29.9 Å². The van der Waals surface area contributed by atoms with Gasteiger partial charge < -0.3 is 35.2 Å². The van der Waals surface area contributed by atoms with Crippen molar-refractivity contribution in [1.82, 2.24) is 5.32 Å². The van der Waals surface area contributed by atoms with Crippen molar-refractivity contribution in [2.75, 3.05) is 13.2 Å². The molecular weight excluding hydrogens is 326 g/mol. The molecule has 0 aromatic carbocycles. The number of rotatable bonds is 6. The molecule has 3 heterocycles. The maximum Gasteiger partial charge on any atom is 0.168 e. The van der Waals surface area contributed by atoms with Crippen molar-refractivity contribution in [2.45, 2.75) is 100 Å². The van der Waals surface area contributed by atoms with Crippen molar-refractivity contribution in [3.8, 4) is 0 Å². The zero-order valence-electron chi connectivity index (χ0n) is 14.8. The summed E-state index contributed by atoms with van der Waals surface area (Å²) >= 11 is 0. The molecule has 0 amide bonds. The topological polar surface area (TPSA) is 111 Å². The first-order chi connectivity index (χ1) is 12.0. The quantitative estimate of drug-likeness (QED) is 0.455. The van der Waals surface area contributed by atoms with E-state index in [1.54, 1.807) is 0 Å². The van der Waals surface area contributed by atoms with E-state index >= 15 is 0 Å². The average molecular weight is 359 g/mol. The predicted molar refractivity (Wildman–Crippen MR) is 90.9 cm³/mol. The highest BCUT2D eigenvalue weighted by atomic mass is 16.7. The zero-order chi connectivity index (χ0) is 17.9. The average Bonchev–Trinajstić information content (AvgIpc) is 2.90. The number of ether oxygens (including phenoxy) is 2. The van der Waals surface area contributed by atoms with Gasteiger partial charge in [-0.25, -0.2) is 0 Å². The highest BCUT2D eigenvalue weighted by Crippen LogP contribution is 2.38. The minimum absolute atomic E-state index is 0.163. The SMILES string of the molecule is OC[C@H]1N[C@H](C(O)CCC[C@@H]2CCC[C@]3(CCCCO3)O2)[C@@H](O)[C@@H]1O. The molecule has 1 spiro atoms. The summed E-state index contributed by atoms with van der Waals surface area (Å²) in [6, 6.07) is -1.19. The molecule has 7 nitrogen and oxygen atoms in total. The molecule has 0 aromatic rings. The van der Waals surface area contributed by atoms with Gasteiger partial charge in [0.05, 0.1) is 49.7 Å². The molecule has 3 aliphatic heterocycles. The van der Waals surface area contributed by atoms with Crippen LogP contribution in [0.2, 0.25) is 0 Å². The lowest BCUT2D eigenvalue weighted by Gasteiger charge is -2.43. The van der Waals surface area contributed by atoms with Crippen LogP contribution in [-0.4, -0.2) is 75.9 Å². The van der Waals surface area contributed by atoms with Gasteiger partial charge in [-0.15, -0.1) is 0 Å². The zero-order valence-corrected chi connectivity index (χ0v) is 14.8. The molecule has 146 valence electrons. The van der Waals surface area contributed by atoms with Gasteiger partial charge in [0.25, 0.3) is 0 Å². The molecule has 7 heteroatoms. The standard InChI is InChI=1S/C18H33NO6/c20-11-13-16(22)17(23)15(19-13)14(21)7-3-5-12-6-4-9-18(25-12)8-1-2-10-24-18/h12-17,19-23H,1-11H2/t12-,13-,14?,15-,16-,17-,18+/m1/s1. The molecule has 0 radical (unpaired) electrons. The lowest BCUT2D eigenvalue weighted by atomic mass is 9.92. The fourth-order valence-electron chi connectivity index (χ4n) is 4.47. The van der Waals surface area contributed by atoms with Gasteiger partial charge in [-0.2, -0.15) is 0 Å². The second-order valence-electron chi connectivity index (χ2n) is 7.81. The van der Waals surface area contributed by atoms with Gasteiger partial charge in [-0.05, 0) is 44.9 Å². The van der Waals surface area contributed by atoms with E-state index in [1.165, 1.54) is 0 Å². The number of hydrogen-bond acceptors (Lipinski definition) is 7. The minimum Gasteiger partial charge on any atom is -0.395 e. The summed E-state index contributed by atoms with van der Waals surface area (Å²) in [5.41, 5.74) is 0. The third-order valence-electron chi connectivity index (χ3n) is 5.96.